The summed E-state index contributed by atoms with van der Waals surface area (Å²) >= 11 is 5.99. The number of amides is 1. The van der Waals surface area contributed by atoms with Crippen molar-refractivity contribution in [2.45, 2.75) is 19.4 Å². The molecule has 0 heterocycles. The second-order valence-electron chi connectivity index (χ2n) is 5.31. The summed E-state index contributed by atoms with van der Waals surface area (Å²) in [6.45, 7) is 1.96. The number of nitrogens with zero attached hydrogens (tertiary/aromatic N) is 1. The van der Waals surface area contributed by atoms with Gasteiger partial charge in [-0.05, 0) is 30.7 Å². The highest BCUT2D eigenvalue weighted by Gasteiger charge is 2.24. The van der Waals surface area contributed by atoms with Crippen molar-refractivity contribution in [1.29, 1.82) is 0 Å². The molecule has 0 saturated heterocycles. The van der Waals surface area contributed by atoms with Crippen molar-refractivity contribution in [3.63, 3.8) is 0 Å². The lowest BCUT2D eigenvalue weighted by molar-refractivity contribution is -0.511. The molecule has 0 fully saturated rings. The van der Waals surface area contributed by atoms with Crippen molar-refractivity contribution in [2.75, 3.05) is 5.32 Å². The van der Waals surface area contributed by atoms with Gasteiger partial charge >= 0.3 is 0 Å². The van der Waals surface area contributed by atoms with Crippen LogP contribution in [0.4, 0.5) is 5.69 Å². The highest BCUT2D eigenvalue weighted by Crippen LogP contribution is 2.27. The van der Waals surface area contributed by atoms with Crippen LogP contribution >= 0.6 is 11.6 Å². The Morgan fingerprint density at radius 3 is 2.50 bits per heavy atom. The number of benzene rings is 2. The Kier molecular flexibility index (Phi) is 5.65. The predicted molar refractivity (Wildman–Crippen MR) is 90.8 cm³/mol. The van der Waals surface area contributed by atoms with E-state index in [1.807, 2.05) is 31.2 Å². The number of carbonyl (C=O) groups excluding carboxylic acids is 2. The number of nitrogens with one attached hydrogen (secondary N) is 1. The first-order chi connectivity index (χ1) is 11.4. The molecular weight excluding hydrogens is 332 g/mol. The first kappa shape index (κ1) is 17.6. The van der Waals surface area contributed by atoms with E-state index in [-0.39, 0.29) is 29.2 Å². The molecule has 0 aliphatic carbocycles. The van der Waals surface area contributed by atoms with E-state index in [1.165, 1.54) is 18.2 Å². The van der Waals surface area contributed by atoms with E-state index in [1.54, 1.807) is 0 Å². The van der Waals surface area contributed by atoms with Crippen LogP contribution in [0.25, 0.3) is 0 Å². The summed E-state index contributed by atoms with van der Waals surface area (Å²) in [5.41, 5.74) is 2.48. The molecule has 0 bridgehead atoms. The van der Waals surface area contributed by atoms with Crippen LogP contribution in [-0.2, 0) is 16.0 Å². The molecule has 1 atom stereocenters. The Balaban J connectivity index is 2.08. The molecule has 2 aromatic carbocycles. The zero-order chi connectivity index (χ0) is 17.7. The number of halogens is 1. The Bertz CT molecular complexity index is 775. The first-order valence-corrected chi connectivity index (χ1v) is 7.52. The number of aldehydes is 1. The number of carbonyl (C=O) groups is 2. The molecule has 6 nitrogen and oxygen atoms in total. The molecule has 2 rings (SSSR count). The number of aryl methyl sites for hydroxylation is 1. The van der Waals surface area contributed by atoms with Gasteiger partial charge in [-0.15, -0.1) is 0 Å². The second-order valence-corrected chi connectivity index (χ2v) is 5.72. The van der Waals surface area contributed by atoms with Gasteiger partial charge in [0.25, 0.3) is 6.04 Å². The average Bonchev–Trinajstić information content (AvgIpc) is 2.52. The van der Waals surface area contributed by atoms with Crippen molar-refractivity contribution >= 4 is 29.5 Å². The molecule has 2 aromatic rings. The Hall–Kier alpha value is -2.73. The molecule has 1 unspecified atom stereocenters. The van der Waals surface area contributed by atoms with Crippen molar-refractivity contribution in [3.05, 3.63) is 74.3 Å². The second kappa shape index (κ2) is 7.70. The van der Waals surface area contributed by atoms with Gasteiger partial charge in [0.05, 0.1) is 17.0 Å². The number of rotatable bonds is 6. The normalized spacial score (nSPS) is 11.6. The van der Waals surface area contributed by atoms with E-state index in [0.29, 0.717) is 5.69 Å². The Morgan fingerprint density at radius 2 is 1.96 bits per heavy atom. The monoisotopic (exact) mass is 346 g/mol. The summed E-state index contributed by atoms with van der Waals surface area (Å²) in [6, 6.07) is 10.3. The molecule has 0 saturated carbocycles. The average molecular weight is 347 g/mol. The molecule has 24 heavy (non-hydrogen) atoms. The minimum absolute atomic E-state index is 0.0527. The number of anilines is 1. The molecule has 1 amide bonds. The van der Waals surface area contributed by atoms with Crippen molar-refractivity contribution in [2.24, 2.45) is 0 Å². The Labute approximate surface area is 143 Å². The van der Waals surface area contributed by atoms with Gasteiger partial charge in [0.15, 0.2) is 6.29 Å². The number of hydrogen-bond acceptors (Lipinski definition) is 4. The van der Waals surface area contributed by atoms with Crippen LogP contribution in [0.2, 0.25) is 5.02 Å². The fourth-order valence-corrected chi connectivity index (χ4v) is 2.47. The third kappa shape index (κ3) is 4.39. The van der Waals surface area contributed by atoms with Gasteiger partial charge in [0.1, 0.15) is 0 Å². The van der Waals surface area contributed by atoms with Crippen LogP contribution in [0.1, 0.15) is 22.7 Å². The lowest BCUT2D eigenvalue weighted by Gasteiger charge is -2.09. The van der Waals surface area contributed by atoms with Crippen LogP contribution in [0, 0.1) is 17.0 Å². The summed E-state index contributed by atoms with van der Waals surface area (Å²) in [5, 5.41) is 13.5. The Morgan fingerprint density at radius 1 is 1.29 bits per heavy atom. The van der Waals surface area contributed by atoms with Crippen LogP contribution in [0.5, 0.6) is 0 Å². The minimum atomic E-state index is -1.52. The molecule has 0 spiro atoms. The fourth-order valence-electron chi connectivity index (χ4n) is 2.18. The topological polar surface area (TPSA) is 89.3 Å². The summed E-state index contributed by atoms with van der Waals surface area (Å²) in [7, 11) is 0. The lowest BCUT2D eigenvalue weighted by atomic mass is 10.1. The van der Waals surface area contributed by atoms with E-state index in [2.05, 4.69) is 5.32 Å². The van der Waals surface area contributed by atoms with Crippen LogP contribution < -0.4 is 5.32 Å². The van der Waals surface area contributed by atoms with E-state index >= 15 is 0 Å². The van der Waals surface area contributed by atoms with Gasteiger partial charge in [-0.2, -0.15) is 0 Å². The van der Waals surface area contributed by atoms with E-state index in [9.17, 15) is 19.7 Å². The molecule has 0 aliphatic rings. The third-order valence-electron chi connectivity index (χ3n) is 3.44. The van der Waals surface area contributed by atoms with E-state index in [0.717, 1.165) is 11.1 Å². The molecule has 0 radical (unpaired) electrons. The molecule has 1 N–H and O–H groups in total. The van der Waals surface area contributed by atoms with Gasteiger partial charge in [-0.25, -0.2) is 0 Å². The largest absolute Gasteiger partial charge is 0.326 e. The fraction of sp³-hybridized carbons (Fsp3) is 0.176. The van der Waals surface area contributed by atoms with Crippen molar-refractivity contribution < 1.29 is 14.5 Å². The molecule has 7 heteroatoms. The molecule has 0 aromatic heterocycles. The van der Waals surface area contributed by atoms with Crippen LogP contribution in [0.15, 0.2) is 42.5 Å². The maximum absolute atomic E-state index is 12.0. The predicted octanol–water partition coefficient (Wildman–Crippen LogP) is 3.35. The van der Waals surface area contributed by atoms with Gasteiger partial charge in [0.2, 0.25) is 5.91 Å². The summed E-state index contributed by atoms with van der Waals surface area (Å²) in [5.74, 6) is -0.233. The van der Waals surface area contributed by atoms with Crippen LogP contribution in [-0.4, -0.2) is 17.1 Å². The molecular formula is C17H15ClN2O4. The van der Waals surface area contributed by atoms with Gasteiger partial charge in [0, 0.05) is 10.6 Å². The molecule has 0 aliphatic heterocycles. The summed E-state index contributed by atoms with van der Waals surface area (Å²) in [4.78, 5) is 33.0. The van der Waals surface area contributed by atoms with E-state index < -0.39 is 11.0 Å². The highest BCUT2D eigenvalue weighted by atomic mass is 35.5. The zero-order valence-electron chi connectivity index (χ0n) is 12.9. The number of nitro groups is 1. The summed E-state index contributed by atoms with van der Waals surface area (Å²) < 4.78 is 0. The maximum Gasteiger partial charge on any atom is 0.293 e. The van der Waals surface area contributed by atoms with Gasteiger partial charge in [-0.1, -0.05) is 41.4 Å². The van der Waals surface area contributed by atoms with Crippen molar-refractivity contribution in [3.8, 4) is 0 Å². The standard InChI is InChI=1S/C17H15ClN2O4/c1-11-2-4-12(5-3-11)8-17(22)19-13-6-7-14(15(18)9-13)16(10-21)20(23)24/h2-7,9-10,16H,8H2,1H3,(H,19,22). The lowest BCUT2D eigenvalue weighted by Crippen LogP contribution is -2.15. The first-order valence-electron chi connectivity index (χ1n) is 7.14. The maximum atomic E-state index is 12.0. The van der Waals surface area contributed by atoms with Crippen LogP contribution in [0.3, 0.4) is 0 Å². The molecule has 124 valence electrons. The minimum Gasteiger partial charge on any atom is -0.326 e. The van der Waals surface area contributed by atoms with Gasteiger partial charge in [-0.3, -0.25) is 19.7 Å². The van der Waals surface area contributed by atoms with Gasteiger partial charge < -0.3 is 5.32 Å². The van der Waals surface area contributed by atoms with E-state index in [4.69, 9.17) is 11.6 Å². The highest BCUT2D eigenvalue weighted by molar-refractivity contribution is 6.31. The smallest absolute Gasteiger partial charge is 0.293 e. The van der Waals surface area contributed by atoms with Crippen molar-refractivity contribution in [1.82, 2.24) is 0 Å². The third-order valence-corrected chi connectivity index (χ3v) is 3.77. The number of hydrogen-bond donors (Lipinski definition) is 1. The SMILES string of the molecule is Cc1ccc(CC(=O)Nc2ccc(C(C=O)[N+](=O)[O-])c(Cl)c2)cc1. The quantitative estimate of drug-likeness (QED) is 0.493. The summed E-state index contributed by atoms with van der Waals surface area (Å²) in [6.07, 6.45) is 0.419. The zero-order valence-corrected chi connectivity index (χ0v) is 13.6.